The van der Waals surface area contributed by atoms with Crippen LogP contribution in [0.4, 0.5) is 8.78 Å². The van der Waals surface area contributed by atoms with Gasteiger partial charge >= 0.3 is 0 Å². The number of benzene rings is 1. The summed E-state index contributed by atoms with van der Waals surface area (Å²) in [6.07, 6.45) is 0.566. The van der Waals surface area contributed by atoms with Crippen LogP contribution in [-0.4, -0.2) is 17.6 Å². The fraction of sp³-hybridized carbons (Fsp3) is 0.286. The molecule has 0 atom stereocenters. The van der Waals surface area contributed by atoms with Crippen LogP contribution in [-0.2, 0) is 6.42 Å². The van der Waals surface area contributed by atoms with Crippen molar-refractivity contribution in [3.8, 4) is 0 Å². The Labute approximate surface area is 114 Å². The summed E-state index contributed by atoms with van der Waals surface area (Å²) in [4.78, 5) is 11.8. The second kappa shape index (κ2) is 5.81. The Hall–Kier alpha value is -2.24. The molecule has 20 heavy (non-hydrogen) atoms. The number of carbonyl (C=O) groups is 1. The fourth-order valence-corrected chi connectivity index (χ4v) is 1.90. The van der Waals surface area contributed by atoms with Gasteiger partial charge in [0.05, 0.1) is 5.69 Å². The molecular formula is C14H14F2N2O2. The van der Waals surface area contributed by atoms with Crippen molar-refractivity contribution in [3.05, 3.63) is 52.4 Å². The van der Waals surface area contributed by atoms with Crippen molar-refractivity contribution in [1.82, 2.24) is 10.5 Å². The van der Waals surface area contributed by atoms with E-state index in [1.54, 1.807) is 6.92 Å². The lowest BCUT2D eigenvalue weighted by atomic mass is 10.1. The number of carbonyl (C=O) groups excluding carboxylic acids is 1. The first-order valence-corrected chi connectivity index (χ1v) is 6.14. The quantitative estimate of drug-likeness (QED) is 0.936. The highest BCUT2D eigenvalue weighted by Crippen LogP contribution is 2.12. The third-order valence-electron chi connectivity index (χ3n) is 3.02. The van der Waals surface area contributed by atoms with Crippen molar-refractivity contribution in [2.45, 2.75) is 20.3 Å². The molecule has 6 heteroatoms. The third kappa shape index (κ3) is 3.01. The van der Waals surface area contributed by atoms with E-state index in [1.165, 1.54) is 6.07 Å². The lowest BCUT2D eigenvalue weighted by Crippen LogP contribution is -2.26. The maximum absolute atomic E-state index is 13.0. The number of hydrogen-bond acceptors (Lipinski definition) is 3. The molecule has 4 nitrogen and oxygen atoms in total. The molecule has 106 valence electrons. The zero-order valence-electron chi connectivity index (χ0n) is 11.2. The molecule has 1 aromatic heterocycles. The van der Waals surface area contributed by atoms with Gasteiger partial charge in [-0.1, -0.05) is 5.16 Å². The van der Waals surface area contributed by atoms with E-state index in [1.807, 2.05) is 6.92 Å². The number of nitrogens with zero attached hydrogens (tertiary/aromatic N) is 1. The van der Waals surface area contributed by atoms with Gasteiger partial charge in [0.15, 0.2) is 11.6 Å². The van der Waals surface area contributed by atoms with Crippen LogP contribution in [0.15, 0.2) is 22.7 Å². The largest absolute Gasteiger partial charge is 0.361 e. The van der Waals surface area contributed by atoms with Crippen LogP contribution < -0.4 is 5.32 Å². The van der Waals surface area contributed by atoms with Crippen LogP contribution in [0.5, 0.6) is 0 Å². The lowest BCUT2D eigenvalue weighted by Gasteiger charge is -2.05. The summed E-state index contributed by atoms with van der Waals surface area (Å²) < 4.78 is 30.8. The van der Waals surface area contributed by atoms with Gasteiger partial charge in [-0.3, -0.25) is 4.79 Å². The summed E-state index contributed by atoms with van der Waals surface area (Å²) in [5.74, 6) is -1.75. The number of hydrogen-bond donors (Lipinski definition) is 1. The molecule has 0 bridgehead atoms. The molecule has 1 N–H and O–H groups in total. The maximum Gasteiger partial charge on any atom is 0.251 e. The Morgan fingerprint density at radius 2 is 2.05 bits per heavy atom. The molecule has 2 aromatic rings. The fourth-order valence-electron chi connectivity index (χ4n) is 1.90. The van der Waals surface area contributed by atoms with Gasteiger partial charge in [-0.2, -0.15) is 0 Å². The molecule has 0 aliphatic rings. The maximum atomic E-state index is 13.0. The molecular weight excluding hydrogens is 266 g/mol. The Balaban J connectivity index is 1.94. The number of nitrogens with one attached hydrogen (secondary N) is 1. The zero-order chi connectivity index (χ0) is 14.7. The molecule has 1 heterocycles. The van der Waals surface area contributed by atoms with E-state index in [-0.39, 0.29) is 5.56 Å². The minimum atomic E-state index is -1.04. The minimum absolute atomic E-state index is 0.0858. The molecule has 0 radical (unpaired) electrons. The summed E-state index contributed by atoms with van der Waals surface area (Å²) in [6.45, 7) is 3.98. The molecule has 0 spiro atoms. The van der Waals surface area contributed by atoms with E-state index in [2.05, 4.69) is 10.5 Å². The second-order valence-corrected chi connectivity index (χ2v) is 4.44. The van der Waals surface area contributed by atoms with E-state index >= 15 is 0 Å². The summed E-state index contributed by atoms with van der Waals surface area (Å²) in [5.41, 5.74) is 1.81. The van der Waals surface area contributed by atoms with Crippen LogP contribution in [0.25, 0.3) is 0 Å². The number of aromatic nitrogens is 1. The zero-order valence-corrected chi connectivity index (χ0v) is 11.2. The van der Waals surface area contributed by atoms with Crippen LogP contribution in [0, 0.1) is 25.5 Å². The van der Waals surface area contributed by atoms with Gasteiger partial charge in [0.25, 0.3) is 5.91 Å². The summed E-state index contributed by atoms with van der Waals surface area (Å²) in [7, 11) is 0. The number of amides is 1. The van der Waals surface area contributed by atoms with Crippen LogP contribution >= 0.6 is 0 Å². The van der Waals surface area contributed by atoms with Crippen molar-refractivity contribution in [2.24, 2.45) is 0 Å². The van der Waals surface area contributed by atoms with Gasteiger partial charge in [-0.15, -0.1) is 0 Å². The highest BCUT2D eigenvalue weighted by Gasteiger charge is 2.11. The first kappa shape index (κ1) is 14.2. The van der Waals surface area contributed by atoms with Crippen LogP contribution in [0.3, 0.4) is 0 Å². The Morgan fingerprint density at radius 3 is 2.65 bits per heavy atom. The minimum Gasteiger partial charge on any atom is -0.361 e. The van der Waals surface area contributed by atoms with E-state index in [0.717, 1.165) is 23.4 Å². The van der Waals surface area contributed by atoms with Crippen molar-refractivity contribution < 1.29 is 18.1 Å². The van der Waals surface area contributed by atoms with E-state index < -0.39 is 17.5 Å². The lowest BCUT2D eigenvalue weighted by molar-refractivity contribution is 0.0953. The highest BCUT2D eigenvalue weighted by atomic mass is 19.2. The van der Waals surface area contributed by atoms with Crippen molar-refractivity contribution in [2.75, 3.05) is 6.54 Å². The van der Waals surface area contributed by atoms with Gasteiger partial charge in [0.1, 0.15) is 5.76 Å². The average molecular weight is 280 g/mol. The number of rotatable bonds is 4. The molecule has 0 fully saturated rings. The van der Waals surface area contributed by atoms with E-state index in [9.17, 15) is 13.6 Å². The van der Waals surface area contributed by atoms with Crippen LogP contribution in [0.2, 0.25) is 0 Å². The Morgan fingerprint density at radius 1 is 1.30 bits per heavy atom. The standard InChI is InChI=1S/C14H14F2N2O2/c1-8-11(9(2)20-18-8)5-6-17-14(19)10-3-4-12(15)13(16)7-10/h3-4,7H,5-6H2,1-2H3,(H,17,19). The monoisotopic (exact) mass is 280 g/mol. The topological polar surface area (TPSA) is 55.1 Å². The first-order chi connectivity index (χ1) is 9.49. The van der Waals surface area contributed by atoms with Crippen molar-refractivity contribution >= 4 is 5.91 Å². The molecule has 0 aliphatic carbocycles. The van der Waals surface area contributed by atoms with Crippen molar-refractivity contribution in [3.63, 3.8) is 0 Å². The SMILES string of the molecule is Cc1noc(C)c1CCNC(=O)c1ccc(F)c(F)c1. The summed E-state index contributed by atoms with van der Waals surface area (Å²) >= 11 is 0. The second-order valence-electron chi connectivity index (χ2n) is 4.44. The Bertz CT molecular complexity index is 619. The molecule has 0 saturated carbocycles. The smallest absolute Gasteiger partial charge is 0.251 e. The Kier molecular flexibility index (Phi) is 4.12. The number of aryl methyl sites for hydroxylation is 2. The van der Waals surface area contributed by atoms with E-state index in [4.69, 9.17) is 4.52 Å². The van der Waals surface area contributed by atoms with Gasteiger partial charge in [-0.05, 0) is 38.5 Å². The highest BCUT2D eigenvalue weighted by molar-refractivity contribution is 5.94. The average Bonchev–Trinajstić information content (AvgIpc) is 2.73. The van der Waals surface area contributed by atoms with Gasteiger partial charge in [0.2, 0.25) is 0 Å². The third-order valence-corrected chi connectivity index (χ3v) is 3.02. The van der Waals surface area contributed by atoms with Crippen molar-refractivity contribution in [1.29, 1.82) is 0 Å². The molecule has 0 saturated heterocycles. The van der Waals surface area contributed by atoms with Crippen LogP contribution in [0.1, 0.15) is 27.4 Å². The molecule has 1 amide bonds. The summed E-state index contributed by atoms with van der Waals surface area (Å²) in [6, 6.07) is 3.04. The predicted molar refractivity (Wildman–Crippen MR) is 68.4 cm³/mol. The molecule has 0 unspecified atom stereocenters. The summed E-state index contributed by atoms with van der Waals surface area (Å²) in [5, 5.41) is 6.46. The predicted octanol–water partition coefficient (Wildman–Crippen LogP) is 2.54. The van der Waals surface area contributed by atoms with Gasteiger partial charge in [0, 0.05) is 17.7 Å². The number of halogens is 2. The molecule has 0 aliphatic heterocycles. The molecule has 2 rings (SSSR count). The normalized spacial score (nSPS) is 10.6. The molecule has 1 aromatic carbocycles. The van der Waals surface area contributed by atoms with Gasteiger partial charge < -0.3 is 9.84 Å². The first-order valence-electron chi connectivity index (χ1n) is 6.14. The van der Waals surface area contributed by atoms with E-state index in [0.29, 0.717) is 18.7 Å². The van der Waals surface area contributed by atoms with Gasteiger partial charge in [-0.25, -0.2) is 8.78 Å².